The van der Waals surface area contributed by atoms with E-state index in [0.29, 0.717) is 18.8 Å². The Hall–Kier alpha value is -2.41. The largest absolute Gasteiger partial charge is 1.00 e. The summed E-state index contributed by atoms with van der Waals surface area (Å²) in [5, 5.41) is 18.3. The molecule has 1 fully saturated rings. The molecule has 2 N–H and O–H groups in total. The molecule has 0 amide bonds. The van der Waals surface area contributed by atoms with Gasteiger partial charge in [0.25, 0.3) is 0 Å². The molecule has 0 aliphatic heterocycles. The predicted molar refractivity (Wildman–Crippen MR) is 121 cm³/mol. The van der Waals surface area contributed by atoms with Gasteiger partial charge in [0.1, 0.15) is 5.82 Å². The zero-order valence-electron chi connectivity index (χ0n) is 19.1. The molecule has 0 unspecified atom stereocenters. The third kappa shape index (κ3) is 5.31. The fourth-order valence-electron chi connectivity index (χ4n) is 3.85. The Morgan fingerprint density at radius 2 is 1.66 bits per heavy atom. The van der Waals surface area contributed by atoms with Crippen LogP contribution in [0.25, 0.3) is 11.3 Å². The van der Waals surface area contributed by atoms with E-state index in [0.717, 1.165) is 34.7 Å². The molecule has 3 aromatic rings. The van der Waals surface area contributed by atoms with Gasteiger partial charge >= 0.3 is 29.6 Å². The zero-order chi connectivity index (χ0) is 22.1. The average Bonchev–Trinajstić information content (AvgIpc) is 2.67. The number of nitrogens with one attached hydrogen (secondary N) is 2. The van der Waals surface area contributed by atoms with Crippen molar-refractivity contribution < 1.29 is 39.5 Å². The Morgan fingerprint density at radius 1 is 1.00 bits per heavy atom. The minimum absolute atomic E-state index is 0. The summed E-state index contributed by atoms with van der Waals surface area (Å²) in [6.45, 7) is 6.24. The summed E-state index contributed by atoms with van der Waals surface area (Å²) >= 11 is 0. The van der Waals surface area contributed by atoms with Gasteiger partial charge in [-0.05, 0) is 51.3 Å². The number of nitrogens with zero attached hydrogens (tertiary/aromatic N) is 2. The first-order valence-corrected chi connectivity index (χ1v) is 10.6. The van der Waals surface area contributed by atoms with Crippen molar-refractivity contribution in [1.29, 1.82) is 0 Å². The number of aromatic nitrogens is 2. The molecule has 1 heterocycles. The summed E-state index contributed by atoms with van der Waals surface area (Å²) in [5.74, 6) is 0.209. The summed E-state index contributed by atoms with van der Waals surface area (Å²) in [6, 6.07) is 19.3. The minimum atomic E-state index is -0.990. The topological polar surface area (TPSA) is 90.0 Å². The second-order valence-corrected chi connectivity index (χ2v) is 9.13. The van der Waals surface area contributed by atoms with Crippen molar-refractivity contribution >= 4 is 23.4 Å². The molecule has 2 aromatic carbocycles. The van der Waals surface area contributed by atoms with Gasteiger partial charge in [-0.3, -0.25) is 0 Å². The minimum Gasteiger partial charge on any atom is -0.549 e. The van der Waals surface area contributed by atoms with Crippen LogP contribution in [0.2, 0.25) is 0 Å². The Morgan fingerprint density at radius 3 is 2.19 bits per heavy atom. The second kappa shape index (κ2) is 9.61. The first-order valence-electron chi connectivity index (χ1n) is 10.6. The fraction of sp³-hybridized carbons (Fsp3) is 0.320. The number of hydrogen-bond acceptors (Lipinski definition) is 6. The van der Waals surface area contributed by atoms with Gasteiger partial charge in [0.05, 0.1) is 11.7 Å². The fourth-order valence-corrected chi connectivity index (χ4v) is 3.85. The van der Waals surface area contributed by atoms with Crippen LogP contribution in [0, 0.1) is 0 Å². The SMILES string of the molecule is CC(C)(C)Nc1cc(-c2ccccc2)nc(Nc2ccc(C3(C(=O)[O-])CCC3)cc2)n1.[Na+]. The van der Waals surface area contributed by atoms with Crippen LogP contribution in [0.15, 0.2) is 60.7 Å². The molecule has 1 aromatic heterocycles. The molecular formula is C25H27N4NaO2. The van der Waals surface area contributed by atoms with E-state index in [1.165, 1.54) is 0 Å². The van der Waals surface area contributed by atoms with Gasteiger partial charge in [-0.25, -0.2) is 4.98 Å². The second-order valence-electron chi connectivity index (χ2n) is 9.13. The molecule has 1 aliphatic carbocycles. The van der Waals surface area contributed by atoms with Gasteiger partial charge in [-0.2, -0.15) is 4.98 Å². The molecule has 1 aliphatic rings. The van der Waals surface area contributed by atoms with Crippen molar-refractivity contribution in [2.45, 2.75) is 51.0 Å². The normalized spacial score (nSPS) is 14.6. The van der Waals surface area contributed by atoms with Crippen LogP contribution in [-0.4, -0.2) is 21.5 Å². The molecule has 0 radical (unpaired) electrons. The van der Waals surface area contributed by atoms with Gasteiger partial charge in [0.2, 0.25) is 5.95 Å². The van der Waals surface area contributed by atoms with Crippen LogP contribution in [0.5, 0.6) is 0 Å². The van der Waals surface area contributed by atoms with E-state index in [1.54, 1.807) is 0 Å². The number of anilines is 3. The van der Waals surface area contributed by atoms with Gasteiger partial charge < -0.3 is 20.5 Å². The summed E-state index contributed by atoms with van der Waals surface area (Å²) in [4.78, 5) is 21.0. The van der Waals surface area contributed by atoms with E-state index in [2.05, 4.69) is 41.4 Å². The quantitative estimate of drug-likeness (QED) is 0.564. The maximum atomic E-state index is 11.6. The van der Waals surface area contributed by atoms with Crippen LogP contribution < -0.4 is 45.3 Å². The summed E-state index contributed by atoms with van der Waals surface area (Å²) in [5.41, 5.74) is 2.41. The summed E-state index contributed by atoms with van der Waals surface area (Å²) in [7, 11) is 0. The van der Waals surface area contributed by atoms with Crippen molar-refractivity contribution in [3.63, 3.8) is 0 Å². The van der Waals surface area contributed by atoms with E-state index in [9.17, 15) is 9.90 Å². The van der Waals surface area contributed by atoms with E-state index in [4.69, 9.17) is 0 Å². The first-order chi connectivity index (χ1) is 14.7. The molecule has 0 atom stereocenters. The van der Waals surface area contributed by atoms with Crippen LogP contribution in [0.3, 0.4) is 0 Å². The standard InChI is InChI=1S/C25H28N4O2.Na/c1-24(2,3)29-21-16-20(17-8-5-4-6-9-17)27-23(28-21)26-19-12-10-18(11-13-19)25(22(30)31)14-7-15-25;/h4-6,8-13,16H,7,14-15H2,1-3H3,(H,30,31)(H2,26,27,28,29);/q;+1/p-1. The van der Waals surface area contributed by atoms with E-state index >= 15 is 0 Å². The number of benzene rings is 2. The summed E-state index contributed by atoms with van der Waals surface area (Å²) in [6.07, 6.45) is 2.18. The molecule has 1 saturated carbocycles. The average molecular weight is 439 g/mol. The molecule has 0 saturated heterocycles. The molecule has 160 valence electrons. The predicted octanol–water partition coefficient (Wildman–Crippen LogP) is 1.27. The summed E-state index contributed by atoms with van der Waals surface area (Å²) < 4.78 is 0. The van der Waals surface area contributed by atoms with Crippen molar-refractivity contribution in [3.8, 4) is 11.3 Å². The molecule has 0 bridgehead atoms. The Bertz CT molecular complexity index is 1080. The first kappa shape index (κ1) is 24.2. The van der Waals surface area contributed by atoms with E-state index in [1.807, 2.05) is 60.7 Å². The van der Waals surface area contributed by atoms with Crippen LogP contribution in [0.4, 0.5) is 17.5 Å². The third-order valence-corrected chi connectivity index (χ3v) is 5.59. The van der Waals surface area contributed by atoms with Crippen LogP contribution >= 0.6 is 0 Å². The van der Waals surface area contributed by atoms with Crippen molar-refractivity contribution in [3.05, 3.63) is 66.2 Å². The van der Waals surface area contributed by atoms with Gasteiger partial charge in [-0.15, -0.1) is 0 Å². The van der Waals surface area contributed by atoms with E-state index in [-0.39, 0.29) is 35.1 Å². The smallest absolute Gasteiger partial charge is 0.549 e. The van der Waals surface area contributed by atoms with Crippen LogP contribution in [0.1, 0.15) is 45.6 Å². The monoisotopic (exact) mass is 438 g/mol. The maximum Gasteiger partial charge on any atom is 1.00 e. The zero-order valence-corrected chi connectivity index (χ0v) is 21.1. The molecule has 4 rings (SSSR count). The van der Waals surface area contributed by atoms with Gasteiger partial charge in [-0.1, -0.05) is 48.9 Å². The number of aliphatic carboxylic acids is 1. The number of carbonyl (C=O) groups is 1. The number of hydrogen-bond donors (Lipinski definition) is 2. The number of rotatable bonds is 6. The molecular weight excluding hydrogens is 411 g/mol. The Labute approximate surface area is 211 Å². The molecule has 7 heteroatoms. The Kier molecular flexibility index (Phi) is 7.28. The third-order valence-electron chi connectivity index (χ3n) is 5.59. The Balaban J connectivity index is 0.00000289. The number of carboxylic acids is 1. The number of carbonyl (C=O) groups excluding carboxylic acids is 1. The maximum absolute atomic E-state index is 11.6. The number of carboxylic acid groups (broad SMARTS) is 1. The molecule has 32 heavy (non-hydrogen) atoms. The van der Waals surface area contributed by atoms with Gasteiger partial charge in [0, 0.05) is 28.3 Å². The van der Waals surface area contributed by atoms with Crippen molar-refractivity contribution in [2.75, 3.05) is 10.6 Å². The van der Waals surface area contributed by atoms with E-state index < -0.39 is 11.4 Å². The molecule has 6 nitrogen and oxygen atoms in total. The van der Waals surface area contributed by atoms with Gasteiger partial charge in [0.15, 0.2) is 0 Å². The van der Waals surface area contributed by atoms with Crippen molar-refractivity contribution in [1.82, 2.24) is 9.97 Å². The van der Waals surface area contributed by atoms with Crippen molar-refractivity contribution in [2.24, 2.45) is 0 Å². The van der Waals surface area contributed by atoms with Crippen LogP contribution in [-0.2, 0) is 10.2 Å². The molecule has 0 spiro atoms.